The van der Waals surface area contributed by atoms with E-state index in [9.17, 15) is 4.39 Å². The average Bonchev–Trinajstić information content (AvgIpc) is 3.47. The second-order valence-corrected chi connectivity index (χ2v) is 9.54. The Bertz CT molecular complexity index is 1140. The van der Waals surface area contributed by atoms with Crippen molar-refractivity contribution < 1.29 is 9.13 Å². The first-order chi connectivity index (χ1) is 16.6. The molecule has 1 aromatic carbocycles. The molecule has 1 saturated carbocycles. The molecule has 2 fully saturated rings. The number of anilines is 2. The van der Waals surface area contributed by atoms with E-state index >= 15 is 0 Å². The van der Waals surface area contributed by atoms with Crippen molar-refractivity contribution in [3.63, 3.8) is 0 Å². The first-order valence-corrected chi connectivity index (χ1v) is 12.5. The smallest absolute Gasteiger partial charge is 0.167 e. The van der Waals surface area contributed by atoms with Gasteiger partial charge in [0.25, 0.3) is 0 Å². The number of pyridine rings is 1. The van der Waals surface area contributed by atoms with Gasteiger partial charge in [-0.2, -0.15) is 5.10 Å². The van der Waals surface area contributed by atoms with Gasteiger partial charge in [0, 0.05) is 37.9 Å². The van der Waals surface area contributed by atoms with Crippen molar-refractivity contribution in [1.82, 2.24) is 20.1 Å². The topological polar surface area (TPSA) is 67.2 Å². The van der Waals surface area contributed by atoms with Gasteiger partial charge in [-0.1, -0.05) is 12.1 Å². The molecule has 0 amide bonds. The number of ether oxygens (including phenoxy) is 1. The van der Waals surface area contributed by atoms with Crippen LogP contribution in [0.5, 0.6) is 5.75 Å². The second kappa shape index (κ2) is 9.78. The number of likely N-dealkylation sites (N-methyl/N-ethyl adjacent to an activating group) is 1. The lowest BCUT2D eigenvalue weighted by molar-refractivity contribution is 0.126. The normalized spacial score (nSPS) is 22.9. The molecule has 1 aliphatic carbocycles. The quantitative estimate of drug-likeness (QED) is 0.527. The number of aryl methyl sites for hydroxylation is 1. The zero-order chi connectivity index (χ0) is 23.7. The van der Waals surface area contributed by atoms with Crippen molar-refractivity contribution in [2.24, 2.45) is 0 Å². The number of hydrogen-bond donors (Lipinski definition) is 2. The fourth-order valence-electron chi connectivity index (χ4n) is 5.29. The summed E-state index contributed by atoms with van der Waals surface area (Å²) in [5.41, 5.74) is 1.75. The van der Waals surface area contributed by atoms with Gasteiger partial charge in [-0.3, -0.25) is 4.68 Å². The molecule has 3 heterocycles. The van der Waals surface area contributed by atoms with E-state index in [2.05, 4.69) is 38.2 Å². The van der Waals surface area contributed by atoms with Crippen LogP contribution in [0.3, 0.4) is 0 Å². The highest BCUT2D eigenvalue weighted by Crippen LogP contribution is 2.37. The van der Waals surface area contributed by atoms with Crippen molar-refractivity contribution in [1.29, 1.82) is 0 Å². The molecule has 3 aromatic rings. The van der Waals surface area contributed by atoms with Crippen LogP contribution in [-0.4, -0.2) is 53.6 Å². The monoisotopic (exact) mass is 466 g/mol. The number of aromatic nitrogens is 3. The molecule has 0 unspecified atom stereocenters. The highest BCUT2D eigenvalue weighted by Gasteiger charge is 2.30. The van der Waals surface area contributed by atoms with Crippen LogP contribution in [0.25, 0.3) is 10.9 Å². The van der Waals surface area contributed by atoms with E-state index in [4.69, 9.17) is 9.84 Å². The standard InChI is InChI=1S/C26H35FN6O/c1-4-29-24-14-22-21(15-30-24)26(32-13-12-18(16-32)28-3)31-33(22)19-8-10-20(11-9-19)34-23-7-5-6-17(2)25(23)27/h5-7,14-15,18-20,28H,4,8-13,16H2,1-3H3,(H,29,30)/t18-,19?,20?/m0/s1. The summed E-state index contributed by atoms with van der Waals surface area (Å²) in [6, 6.07) is 8.26. The molecule has 1 atom stereocenters. The zero-order valence-electron chi connectivity index (χ0n) is 20.4. The Labute approximate surface area is 200 Å². The van der Waals surface area contributed by atoms with Crippen LogP contribution in [-0.2, 0) is 0 Å². The van der Waals surface area contributed by atoms with Crippen LogP contribution in [0.4, 0.5) is 16.0 Å². The van der Waals surface area contributed by atoms with Crippen molar-refractivity contribution in [3.05, 3.63) is 41.8 Å². The summed E-state index contributed by atoms with van der Waals surface area (Å²) in [5.74, 6) is 2.03. The third-order valence-corrected chi connectivity index (χ3v) is 7.27. The van der Waals surface area contributed by atoms with Gasteiger partial charge in [0.2, 0.25) is 0 Å². The number of benzene rings is 1. The Morgan fingerprint density at radius 2 is 2.00 bits per heavy atom. The van der Waals surface area contributed by atoms with Crippen LogP contribution < -0.4 is 20.3 Å². The summed E-state index contributed by atoms with van der Waals surface area (Å²) in [6.07, 6.45) is 6.78. The maximum Gasteiger partial charge on any atom is 0.167 e. The van der Waals surface area contributed by atoms with Gasteiger partial charge < -0.3 is 20.3 Å². The summed E-state index contributed by atoms with van der Waals surface area (Å²) in [5, 5.41) is 13.0. The second-order valence-electron chi connectivity index (χ2n) is 9.54. The molecular weight excluding hydrogens is 431 g/mol. The summed E-state index contributed by atoms with van der Waals surface area (Å²) in [7, 11) is 2.03. The lowest BCUT2D eigenvalue weighted by Crippen LogP contribution is -2.30. The Morgan fingerprint density at radius 3 is 2.74 bits per heavy atom. The van der Waals surface area contributed by atoms with Crippen LogP contribution in [0, 0.1) is 12.7 Å². The van der Waals surface area contributed by atoms with Gasteiger partial charge in [0.05, 0.1) is 23.0 Å². The van der Waals surface area contributed by atoms with Gasteiger partial charge in [0.1, 0.15) is 5.82 Å². The highest BCUT2D eigenvalue weighted by atomic mass is 19.1. The highest BCUT2D eigenvalue weighted by molar-refractivity contribution is 5.91. The Balaban J connectivity index is 1.37. The van der Waals surface area contributed by atoms with Gasteiger partial charge in [0.15, 0.2) is 17.4 Å². The summed E-state index contributed by atoms with van der Waals surface area (Å²) in [6.45, 7) is 6.63. The number of hydrogen-bond acceptors (Lipinski definition) is 6. The average molecular weight is 467 g/mol. The molecule has 2 N–H and O–H groups in total. The Morgan fingerprint density at radius 1 is 1.18 bits per heavy atom. The third-order valence-electron chi connectivity index (χ3n) is 7.27. The minimum atomic E-state index is -0.249. The van der Waals surface area contributed by atoms with E-state index in [-0.39, 0.29) is 18.0 Å². The molecule has 5 rings (SSSR count). The van der Waals surface area contributed by atoms with E-state index in [0.717, 1.165) is 74.3 Å². The van der Waals surface area contributed by atoms with Crippen molar-refractivity contribution in [3.8, 4) is 5.75 Å². The van der Waals surface area contributed by atoms with E-state index in [1.54, 1.807) is 19.1 Å². The molecule has 0 spiro atoms. The zero-order valence-corrected chi connectivity index (χ0v) is 20.4. The molecule has 2 aliphatic rings. The SMILES string of the molecule is CCNc1cc2c(cn1)c(N1CC[C@H](NC)C1)nn2C1CCC(Oc2cccc(C)c2F)CC1. The first kappa shape index (κ1) is 22.9. The number of nitrogens with one attached hydrogen (secondary N) is 2. The van der Waals surface area contributed by atoms with Crippen molar-refractivity contribution >= 4 is 22.5 Å². The van der Waals surface area contributed by atoms with E-state index in [0.29, 0.717) is 17.4 Å². The molecule has 0 radical (unpaired) electrons. The van der Waals surface area contributed by atoms with Crippen molar-refractivity contribution in [2.75, 3.05) is 36.9 Å². The number of halogens is 1. The summed E-state index contributed by atoms with van der Waals surface area (Å²) < 4.78 is 22.7. The van der Waals surface area contributed by atoms with Crippen LogP contribution in [0.2, 0.25) is 0 Å². The largest absolute Gasteiger partial charge is 0.487 e. The number of fused-ring (bicyclic) bond motifs is 1. The predicted molar refractivity (Wildman–Crippen MR) is 134 cm³/mol. The number of rotatable bonds is 7. The lowest BCUT2D eigenvalue weighted by atomic mass is 9.93. The van der Waals surface area contributed by atoms with Gasteiger partial charge in [-0.25, -0.2) is 9.37 Å². The number of nitrogens with zero attached hydrogens (tertiary/aromatic N) is 4. The minimum absolute atomic E-state index is 0.0304. The van der Waals surface area contributed by atoms with Gasteiger partial charge in [-0.15, -0.1) is 0 Å². The molecule has 0 bridgehead atoms. The molecule has 1 aliphatic heterocycles. The predicted octanol–water partition coefficient (Wildman–Crippen LogP) is 4.67. The Kier molecular flexibility index (Phi) is 6.59. The van der Waals surface area contributed by atoms with Gasteiger partial charge >= 0.3 is 0 Å². The van der Waals surface area contributed by atoms with E-state index in [1.807, 2.05) is 19.3 Å². The van der Waals surface area contributed by atoms with Crippen molar-refractivity contribution in [2.45, 2.75) is 64.1 Å². The molecule has 182 valence electrons. The Hall–Kier alpha value is -2.87. The summed E-state index contributed by atoms with van der Waals surface area (Å²) in [4.78, 5) is 7.02. The maximum atomic E-state index is 14.4. The molecule has 7 nitrogen and oxygen atoms in total. The summed E-state index contributed by atoms with van der Waals surface area (Å²) >= 11 is 0. The molecule has 8 heteroatoms. The third kappa shape index (κ3) is 4.43. The maximum absolute atomic E-state index is 14.4. The fourth-order valence-corrected chi connectivity index (χ4v) is 5.29. The fraction of sp³-hybridized carbons (Fsp3) is 0.538. The lowest BCUT2D eigenvalue weighted by Gasteiger charge is -2.29. The minimum Gasteiger partial charge on any atom is -0.487 e. The van der Waals surface area contributed by atoms with Gasteiger partial charge in [-0.05, 0) is 64.6 Å². The van der Waals surface area contributed by atoms with E-state index < -0.39 is 0 Å². The molecule has 34 heavy (non-hydrogen) atoms. The molecular formula is C26H35FN6O. The van der Waals surface area contributed by atoms with Crippen LogP contribution in [0.15, 0.2) is 30.5 Å². The molecule has 1 saturated heterocycles. The van der Waals surface area contributed by atoms with Crippen LogP contribution >= 0.6 is 0 Å². The van der Waals surface area contributed by atoms with E-state index in [1.165, 1.54) is 0 Å². The first-order valence-electron chi connectivity index (χ1n) is 12.5. The van der Waals surface area contributed by atoms with Crippen LogP contribution in [0.1, 0.15) is 50.6 Å². The molecule has 2 aromatic heterocycles.